The molecule has 6 nitrogen and oxygen atoms in total. The van der Waals surface area contributed by atoms with E-state index in [4.69, 9.17) is 28.6 Å². The zero-order valence-corrected chi connectivity index (χ0v) is 23.1. The highest BCUT2D eigenvalue weighted by Gasteiger charge is 2.33. The number of thiocarbonyl (C=S) groups is 1. The van der Waals surface area contributed by atoms with Crippen LogP contribution in [-0.2, 0) is 0 Å². The molecule has 1 aliphatic heterocycles. The molecular formula is C32H25ClN4O2S. The van der Waals surface area contributed by atoms with Crippen molar-refractivity contribution in [3.8, 4) is 16.9 Å². The van der Waals surface area contributed by atoms with Gasteiger partial charge < -0.3 is 15.0 Å². The average Bonchev–Trinajstić information content (AvgIpc) is 3.42. The maximum atomic E-state index is 13.8. The molecule has 1 aromatic heterocycles. The number of halogens is 1. The number of nitrogens with one attached hydrogen (secondary N) is 3. The number of H-pyrrole nitrogens is 1. The van der Waals surface area contributed by atoms with Crippen molar-refractivity contribution in [2.45, 2.75) is 6.04 Å². The van der Waals surface area contributed by atoms with Gasteiger partial charge in [-0.05, 0) is 60.3 Å². The lowest BCUT2D eigenvalue weighted by atomic mass is 9.94. The van der Waals surface area contributed by atoms with Crippen molar-refractivity contribution in [2.75, 3.05) is 12.4 Å². The Morgan fingerprint density at radius 2 is 1.62 bits per heavy atom. The molecule has 8 heteroatoms. The van der Waals surface area contributed by atoms with Crippen molar-refractivity contribution < 1.29 is 4.74 Å². The monoisotopic (exact) mass is 564 g/mol. The van der Waals surface area contributed by atoms with Gasteiger partial charge in [-0.2, -0.15) is 0 Å². The molecule has 6 rings (SSSR count). The third kappa shape index (κ3) is 4.81. The molecule has 0 bridgehead atoms. The Labute approximate surface area is 241 Å². The van der Waals surface area contributed by atoms with Gasteiger partial charge in [0.2, 0.25) is 0 Å². The molecule has 0 radical (unpaired) electrons. The van der Waals surface area contributed by atoms with Gasteiger partial charge in [0.25, 0.3) is 5.56 Å². The van der Waals surface area contributed by atoms with Gasteiger partial charge in [-0.3, -0.25) is 15.2 Å². The summed E-state index contributed by atoms with van der Waals surface area (Å²) in [5.41, 5.74) is 8.45. The summed E-state index contributed by atoms with van der Waals surface area (Å²) in [6, 6.07) is 32.4. The van der Waals surface area contributed by atoms with Crippen LogP contribution in [0.3, 0.4) is 0 Å². The highest BCUT2D eigenvalue weighted by molar-refractivity contribution is 7.80. The van der Waals surface area contributed by atoms with E-state index < -0.39 is 0 Å². The second-order valence-electron chi connectivity index (χ2n) is 9.31. The summed E-state index contributed by atoms with van der Waals surface area (Å²) >= 11 is 12.3. The van der Waals surface area contributed by atoms with Crippen molar-refractivity contribution in [1.29, 1.82) is 0 Å². The first-order valence-electron chi connectivity index (χ1n) is 12.7. The quantitative estimate of drug-likeness (QED) is 0.197. The molecule has 2 heterocycles. The number of ether oxygens (including phenoxy) is 1. The number of methoxy groups -OCH3 is 1. The first-order chi connectivity index (χ1) is 19.5. The van der Waals surface area contributed by atoms with E-state index in [0.717, 1.165) is 27.8 Å². The van der Waals surface area contributed by atoms with Gasteiger partial charge >= 0.3 is 0 Å². The molecule has 1 atom stereocenters. The molecule has 0 saturated heterocycles. The lowest BCUT2D eigenvalue weighted by molar-refractivity contribution is 0.333. The number of fused-ring (bicyclic) bond motifs is 1. The molecule has 5 aromatic rings. The zero-order valence-electron chi connectivity index (χ0n) is 21.5. The number of aromatic amines is 1. The normalized spacial score (nSPS) is 14.5. The molecule has 0 aliphatic carbocycles. The predicted molar refractivity (Wildman–Crippen MR) is 166 cm³/mol. The number of rotatable bonds is 5. The van der Waals surface area contributed by atoms with E-state index in [1.807, 2.05) is 108 Å². The molecule has 0 unspecified atom stereocenters. The van der Waals surface area contributed by atoms with Crippen LogP contribution < -0.4 is 21.0 Å². The lowest BCUT2D eigenvalue weighted by Crippen LogP contribution is -2.42. The summed E-state index contributed by atoms with van der Waals surface area (Å²) in [5, 5.41) is 7.01. The van der Waals surface area contributed by atoms with E-state index >= 15 is 0 Å². The smallest absolute Gasteiger partial charge is 0.258 e. The number of para-hydroxylation sites is 2. The number of hydrogen-bond donors (Lipinski definition) is 3. The third-order valence-electron chi connectivity index (χ3n) is 6.85. The summed E-state index contributed by atoms with van der Waals surface area (Å²) in [6.45, 7) is 0. The number of benzene rings is 4. The Morgan fingerprint density at radius 1 is 0.925 bits per heavy atom. The number of aromatic nitrogens is 1. The van der Waals surface area contributed by atoms with Crippen LogP contribution in [0.2, 0.25) is 5.02 Å². The van der Waals surface area contributed by atoms with E-state index in [1.165, 1.54) is 0 Å². The van der Waals surface area contributed by atoms with E-state index in [-0.39, 0.29) is 11.6 Å². The van der Waals surface area contributed by atoms with Crippen LogP contribution >= 0.6 is 23.8 Å². The van der Waals surface area contributed by atoms with Crippen LogP contribution in [0, 0.1) is 0 Å². The molecule has 0 spiro atoms. The number of hydrogen-bond acceptors (Lipinski definition) is 4. The molecule has 198 valence electrons. The fraction of sp³-hybridized carbons (Fsp3) is 0.0625. The number of anilines is 1. The fourth-order valence-corrected chi connectivity index (χ4v) is 5.51. The summed E-state index contributed by atoms with van der Waals surface area (Å²) in [5.74, 6) is 0.710. The predicted octanol–water partition coefficient (Wildman–Crippen LogP) is 7.16. The summed E-state index contributed by atoms with van der Waals surface area (Å²) in [4.78, 5) is 16.8. The molecule has 0 amide bonds. The van der Waals surface area contributed by atoms with Gasteiger partial charge in [0.15, 0.2) is 5.11 Å². The van der Waals surface area contributed by atoms with Gasteiger partial charge in [-0.25, -0.2) is 0 Å². The van der Waals surface area contributed by atoms with E-state index in [1.54, 1.807) is 13.2 Å². The van der Waals surface area contributed by atoms with Crippen LogP contribution in [0.5, 0.6) is 5.75 Å². The summed E-state index contributed by atoms with van der Waals surface area (Å²) in [7, 11) is 1.64. The number of pyridine rings is 1. The van der Waals surface area contributed by atoms with E-state index in [2.05, 4.69) is 15.7 Å². The first-order valence-corrected chi connectivity index (χ1v) is 13.5. The zero-order chi connectivity index (χ0) is 27.6. The van der Waals surface area contributed by atoms with E-state index in [9.17, 15) is 4.79 Å². The van der Waals surface area contributed by atoms with Gasteiger partial charge in [0, 0.05) is 32.7 Å². The highest BCUT2D eigenvalue weighted by Crippen LogP contribution is 2.39. The Bertz CT molecular complexity index is 1810. The topological polar surface area (TPSA) is 69.4 Å². The van der Waals surface area contributed by atoms with Gasteiger partial charge in [-0.15, -0.1) is 0 Å². The second-order valence-corrected chi connectivity index (χ2v) is 10.1. The SMILES string of the molecule is COc1ccccc1[C@@H]1C=C(c2c(-c3ccccc3)c3cc(Cl)ccc3[nH]c2=O)NN1C(=S)Nc1ccccc1. The lowest BCUT2D eigenvalue weighted by Gasteiger charge is -2.29. The molecule has 0 saturated carbocycles. The van der Waals surface area contributed by atoms with E-state index in [0.29, 0.717) is 32.7 Å². The highest BCUT2D eigenvalue weighted by atomic mass is 35.5. The van der Waals surface area contributed by atoms with Gasteiger partial charge in [-0.1, -0.05) is 78.3 Å². The molecule has 1 aliphatic rings. The summed E-state index contributed by atoms with van der Waals surface area (Å²) in [6.07, 6.45) is 2.00. The average molecular weight is 565 g/mol. The Balaban J connectivity index is 1.54. The second kappa shape index (κ2) is 10.9. The Kier molecular flexibility index (Phi) is 6.99. The molecule has 3 N–H and O–H groups in total. The van der Waals surface area contributed by atoms with Crippen molar-refractivity contribution in [3.63, 3.8) is 0 Å². The minimum Gasteiger partial charge on any atom is -0.496 e. The van der Waals surface area contributed by atoms with Crippen LogP contribution in [0.25, 0.3) is 27.7 Å². The number of hydrazine groups is 1. The van der Waals surface area contributed by atoms with Gasteiger partial charge in [0.05, 0.1) is 18.4 Å². The summed E-state index contributed by atoms with van der Waals surface area (Å²) < 4.78 is 5.70. The molecule has 40 heavy (non-hydrogen) atoms. The first kappa shape index (κ1) is 25.7. The Hall–Kier alpha value is -4.59. The van der Waals surface area contributed by atoms with Crippen LogP contribution in [0.1, 0.15) is 17.2 Å². The fourth-order valence-electron chi connectivity index (χ4n) is 5.06. The van der Waals surface area contributed by atoms with Crippen LogP contribution in [-0.4, -0.2) is 22.2 Å². The van der Waals surface area contributed by atoms with Crippen LogP contribution in [0.15, 0.2) is 114 Å². The van der Waals surface area contributed by atoms with Crippen molar-refractivity contribution in [3.05, 3.63) is 136 Å². The number of nitrogens with zero attached hydrogens (tertiary/aromatic N) is 1. The standard InChI is InChI=1S/C32H25ClN4O2S/c1-39-28-15-9-8-14-23(28)27-19-26(36-37(27)32(40)34-22-12-6-3-7-13-22)30-29(20-10-4-2-5-11-20)24-18-21(33)16-17-25(24)35-31(30)38/h2-19,27,36H,1H3,(H,34,40)(H,35,38)/t27-/m0/s1. The third-order valence-corrected chi connectivity index (χ3v) is 7.39. The maximum absolute atomic E-state index is 13.8. The largest absolute Gasteiger partial charge is 0.496 e. The minimum atomic E-state index is -0.368. The molecule has 0 fully saturated rings. The Morgan fingerprint density at radius 3 is 2.38 bits per heavy atom. The molecular weight excluding hydrogens is 540 g/mol. The van der Waals surface area contributed by atoms with Crippen molar-refractivity contribution >= 4 is 51.2 Å². The minimum absolute atomic E-state index is 0.227. The van der Waals surface area contributed by atoms with Crippen molar-refractivity contribution in [2.24, 2.45) is 0 Å². The van der Waals surface area contributed by atoms with Gasteiger partial charge in [0.1, 0.15) is 11.8 Å². The van der Waals surface area contributed by atoms with Crippen molar-refractivity contribution in [1.82, 2.24) is 15.4 Å². The maximum Gasteiger partial charge on any atom is 0.258 e. The molecule has 4 aromatic carbocycles. The van der Waals surface area contributed by atoms with Crippen LogP contribution in [0.4, 0.5) is 5.69 Å².